The Balaban J connectivity index is 0. The Morgan fingerprint density at radius 2 is 1.29 bits per heavy atom. The molecule has 14 heavy (non-hydrogen) atoms. The molecule has 0 heterocycles. The second-order valence-corrected chi connectivity index (χ2v) is 2.09. The van der Waals surface area contributed by atoms with E-state index in [2.05, 4.69) is 4.18 Å². The zero-order chi connectivity index (χ0) is 10.9. The standard InChI is InChI=1S/C3HF7O2S.Na.H/c4-1(5,2(6,7)8)3(9,10)12-13-11;;/h13H;;. The minimum atomic E-state index is -6.47. The van der Waals surface area contributed by atoms with Crippen molar-refractivity contribution < 1.29 is 39.1 Å². The quantitative estimate of drug-likeness (QED) is 0.464. The summed E-state index contributed by atoms with van der Waals surface area (Å²) in [7, 11) is 0. The number of hydrogen-bond acceptors (Lipinski definition) is 2. The molecule has 0 aromatic rings. The summed E-state index contributed by atoms with van der Waals surface area (Å²) in [6.07, 6.45) is -12.3. The van der Waals surface area contributed by atoms with Gasteiger partial charge in [-0.05, 0) is 0 Å². The zero-order valence-electron chi connectivity index (χ0n) is 5.41. The van der Waals surface area contributed by atoms with Gasteiger partial charge in [-0.25, -0.2) is 8.39 Å². The van der Waals surface area contributed by atoms with E-state index in [0.29, 0.717) is 0 Å². The van der Waals surface area contributed by atoms with Crippen molar-refractivity contribution >= 4 is 41.5 Å². The van der Waals surface area contributed by atoms with E-state index in [0.717, 1.165) is 0 Å². The average molecular weight is 258 g/mol. The Morgan fingerprint density at radius 1 is 0.929 bits per heavy atom. The number of thiol groups is 1. The molecule has 11 heteroatoms. The molecular formula is C3H2F7NaO2S. The third kappa shape index (κ3) is 3.33. The molecule has 0 fully saturated rings. The van der Waals surface area contributed by atoms with Gasteiger partial charge in [0.1, 0.15) is 11.9 Å². The van der Waals surface area contributed by atoms with Gasteiger partial charge in [0.2, 0.25) is 0 Å². The predicted molar refractivity (Wildman–Crippen MR) is 33.7 cm³/mol. The van der Waals surface area contributed by atoms with E-state index in [1.807, 2.05) is 0 Å². The molecule has 0 aliphatic carbocycles. The molecule has 0 atom stereocenters. The summed E-state index contributed by atoms with van der Waals surface area (Å²) in [5, 5.41) is 0. The van der Waals surface area contributed by atoms with Gasteiger partial charge in [0.15, 0.2) is 0 Å². The Hall–Kier alpha value is 0.620. The second-order valence-electron chi connectivity index (χ2n) is 1.75. The van der Waals surface area contributed by atoms with Crippen LogP contribution in [0.4, 0.5) is 30.7 Å². The number of hydrogen-bond donors (Lipinski definition) is 1. The van der Waals surface area contributed by atoms with Crippen LogP contribution in [0.25, 0.3) is 0 Å². The van der Waals surface area contributed by atoms with Gasteiger partial charge in [0.25, 0.3) is 0 Å². The van der Waals surface area contributed by atoms with Gasteiger partial charge < -0.3 is 0 Å². The van der Waals surface area contributed by atoms with Crippen LogP contribution < -0.4 is 0 Å². The first kappa shape index (κ1) is 17.0. The van der Waals surface area contributed by atoms with Crippen LogP contribution in [-0.4, -0.2) is 52.0 Å². The van der Waals surface area contributed by atoms with Crippen molar-refractivity contribution in [2.45, 2.75) is 18.2 Å². The average Bonchev–Trinajstić information content (AvgIpc) is 1.84. The summed E-state index contributed by atoms with van der Waals surface area (Å²) in [5.74, 6) is -6.38. The first-order valence-corrected chi connectivity index (χ1v) is 3.12. The van der Waals surface area contributed by atoms with E-state index in [9.17, 15) is 34.9 Å². The third-order valence-corrected chi connectivity index (χ3v) is 1.18. The van der Waals surface area contributed by atoms with Crippen molar-refractivity contribution in [2.75, 3.05) is 0 Å². The summed E-state index contributed by atoms with van der Waals surface area (Å²) in [5.41, 5.74) is 0. The molecule has 0 unspecified atom stereocenters. The minimum absolute atomic E-state index is 0. The molecule has 0 N–H and O–H groups in total. The van der Waals surface area contributed by atoms with Crippen molar-refractivity contribution in [3.05, 3.63) is 0 Å². The maximum absolute atomic E-state index is 11.8. The Labute approximate surface area is 98.8 Å². The fraction of sp³-hybridized carbons (Fsp3) is 1.00. The van der Waals surface area contributed by atoms with Crippen molar-refractivity contribution in [3.63, 3.8) is 0 Å². The summed E-state index contributed by atoms with van der Waals surface area (Å²) in [6.45, 7) is 0. The van der Waals surface area contributed by atoms with Crippen molar-refractivity contribution in [3.8, 4) is 0 Å². The van der Waals surface area contributed by atoms with Crippen LogP contribution in [0.15, 0.2) is 0 Å². The van der Waals surface area contributed by atoms with Crippen molar-refractivity contribution in [1.29, 1.82) is 0 Å². The van der Waals surface area contributed by atoms with Gasteiger partial charge in [0, 0.05) is 0 Å². The first-order chi connectivity index (χ1) is 5.56. The summed E-state index contributed by atoms with van der Waals surface area (Å²) in [6, 6.07) is 0. The van der Waals surface area contributed by atoms with Gasteiger partial charge in [-0.1, -0.05) is 0 Å². The Kier molecular flexibility index (Phi) is 6.21. The maximum atomic E-state index is 11.8. The molecule has 0 aromatic carbocycles. The van der Waals surface area contributed by atoms with Gasteiger partial charge in [-0.2, -0.15) is 30.7 Å². The summed E-state index contributed by atoms with van der Waals surface area (Å²) >= 11 is -1.97. The first-order valence-electron chi connectivity index (χ1n) is 2.39. The molecular weight excluding hydrogens is 256 g/mol. The van der Waals surface area contributed by atoms with Crippen LogP contribution in [0.5, 0.6) is 0 Å². The van der Waals surface area contributed by atoms with Gasteiger partial charge >= 0.3 is 47.8 Å². The molecule has 0 spiro atoms. The molecule has 0 radical (unpaired) electrons. The molecule has 2 nitrogen and oxygen atoms in total. The van der Waals surface area contributed by atoms with Gasteiger partial charge in [0.05, 0.1) is 0 Å². The van der Waals surface area contributed by atoms with Crippen LogP contribution in [-0.2, 0) is 16.1 Å². The molecule has 0 bridgehead atoms. The summed E-state index contributed by atoms with van der Waals surface area (Å²) in [4.78, 5) is 0. The Bertz CT molecular complexity index is 204. The molecule has 0 saturated carbocycles. The normalized spacial score (nSPS) is 13.6. The Morgan fingerprint density at radius 3 is 1.50 bits per heavy atom. The molecule has 82 valence electrons. The number of rotatable bonds is 3. The van der Waals surface area contributed by atoms with Crippen molar-refractivity contribution in [1.82, 2.24) is 0 Å². The third-order valence-electron chi connectivity index (χ3n) is 0.873. The fourth-order valence-corrected chi connectivity index (χ4v) is 0.477. The predicted octanol–water partition coefficient (Wildman–Crippen LogP) is 1.01. The molecule has 0 rings (SSSR count). The molecule has 0 amide bonds. The van der Waals surface area contributed by atoms with Gasteiger partial charge in [-0.15, -0.1) is 0 Å². The zero-order valence-corrected chi connectivity index (χ0v) is 6.30. The topological polar surface area (TPSA) is 26.3 Å². The van der Waals surface area contributed by atoms with Crippen molar-refractivity contribution in [2.24, 2.45) is 0 Å². The van der Waals surface area contributed by atoms with E-state index in [1.54, 1.807) is 0 Å². The van der Waals surface area contributed by atoms with E-state index >= 15 is 0 Å². The second kappa shape index (κ2) is 5.10. The molecule has 0 aliphatic rings. The monoisotopic (exact) mass is 258 g/mol. The van der Waals surface area contributed by atoms with Crippen LogP contribution >= 0.6 is 0 Å². The molecule has 0 aromatic heterocycles. The van der Waals surface area contributed by atoms with Crippen LogP contribution in [0.3, 0.4) is 0 Å². The molecule has 0 saturated heterocycles. The number of halogens is 7. The number of alkyl halides is 7. The van der Waals surface area contributed by atoms with Crippen LogP contribution in [0, 0.1) is 0 Å². The van der Waals surface area contributed by atoms with Crippen LogP contribution in [0.2, 0.25) is 0 Å². The van der Waals surface area contributed by atoms with Gasteiger partial charge in [-0.3, -0.25) is 0 Å². The van der Waals surface area contributed by atoms with Crippen LogP contribution in [0.1, 0.15) is 0 Å². The fourth-order valence-electron chi connectivity index (χ4n) is 0.269. The van der Waals surface area contributed by atoms with E-state index in [-0.39, 0.29) is 29.6 Å². The van der Waals surface area contributed by atoms with E-state index in [4.69, 9.17) is 0 Å². The molecule has 0 aliphatic heterocycles. The SMILES string of the molecule is O=[SH]OC(F)(F)C(F)(F)C(F)(F)F.[NaH]. The van der Waals surface area contributed by atoms with E-state index in [1.165, 1.54) is 0 Å². The van der Waals surface area contributed by atoms with E-state index < -0.39 is 30.2 Å². The summed E-state index contributed by atoms with van der Waals surface area (Å²) < 4.78 is 92.5.